The van der Waals surface area contributed by atoms with Gasteiger partial charge in [-0.15, -0.1) is 0 Å². The zero-order chi connectivity index (χ0) is 21.6. The number of ether oxygens (including phenoxy) is 1. The molecule has 1 aliphatic rings. The van der Waals surface area contributed by atoms with Crippen LogP contribution in [0.2, 0.25) is 0 Å². The Balaban J connectivity index is 1.87. The molecule has 6 nitrogen and oxygen atoms in total. The SMILES string of the molecule is CCOc1ccc(N(CC(=O)NC2CCCCC2)S(=O)(=O)c2ccc(Br)cc2)cc1. The van der Waals surface area contributed by atoms with Crippen LogP contribution in [0.15, 0.2) is 57.9 Å². The Labute approximate surface area is 186 Å². The number of hydrogen-bond acceptors (Lipinski definition) is 4. The van der Waals surface area contributed by atoms with Crippen molar-refractivity contribution in [3.05, 3.63) is 53.0 Å². The highest BCUT2D eigenvalue weighted by Crippen LogP contribution is 2.27. The lowest BCUT2D eigenvalue weighted by Crippen LogP contribution is -2.44. The molecule has 1 amide bonds. The predicted molar refractivity (Wildman–Crippen MR) is 121 cm³/mol. The number of rotatable bonds is 8. The number of sulfonamides is 1. The van der Waals surface area contributed by atoms with E-state index in [0.717, 1.165) is 34.5 Å². The molecular formula is C22H27BrN2O4S. The Bertz CT molecular complexity index is 940. The van der Waals surface area contributed by atoms with Crippen LogP contribution in [0.4, 0.5) is 5.69 Å². The van der Waals surface area contributed by atoms with E-state index < -0.39 is 10.0 Å². The molecule has 1 fully saturated rings. The summed E-state index contributed by atoms with van der Waals surface area (Å²) in [6.07, 6.45) is 5.24. The van der Waals surface area contributed by atoms with Crippen LogP contribution in [0, 0.1) is 0 Å². The number of carbonyl (C=O) groups is 1. The van der Waals surface area contributed by atoms with E-state index in [1.807, 2.05) is 6.92 Å². The van der Waals surface area contributed by atoms with Crippen LogP contribution < -0.4 is 14.4 Å². The van der Waals surface area contributed by atoms with Gasteiger partial charge in [-0.25, -0.2) is 8.42 Å². The minimum Gasteiger partial charge on any atom is -0.494 e. The number of amides is 1. The fourth-order valence-corrected chi connectivity index (χ4v) is 5.26. The monoisotopic (exact) mass is 494 g/mol. The molecular weight excluding hydrogens is 468 g/mol. The van der Waals surface area contributed by atoms with E-state index in [2.05, 4.69) is 21.2 Å². The molecule has 1 N–H and O–H groups in total. The second-order valence-electron chi connectivity index (χ2n) is 7.29. The first-order valence-corrected chi connectivity index (χ1v) is 12.4. The largest absolute Gasteiger partial charge is 0.494 e. The summed E-state index contributed by atoms with van der Waals surface area (Å²) < 4.78 is 34.2. The standard InChI is InChI=1S/C22H27BrN2O4S/c1-2-29-20-12-10-19(11-13-20)25(16-22(26)24-18-6-4-3-5-7-18)30(27,28)21-14-8-17(23)9-15-21/h8-15,18H,2-7,16H2,1H3,(H,24,26). The Kier molecular flexibility index (Phi) is 7.77. The second-order valence-corrected chi connectivity index (χ2v) is 10.1. The van der Waals surface area contributed by atoms with E-state index in [9.17, 15) is 13.2 Å². The van der Waals surface area contributed by atoms with Gasteiger partial charge in [-0.1, -0.05) is 35.2 Å². The molecule has 0 bridgehead atoms. The van der Waals surface area contributed by atoms with Crippen LogP contribution in [-0.2, 0) is 14.8 Å². The molecule has 0 radical (unpaired) electrons. The number of nitrogens with one attached hydrogen (secondary N) is 1. The van der Waals surface area contributed by atoms with Crippen molar-refractivity contribution in [1.82, 2.24) is 5.32 Å². The van der Waals surface area contributed by atoms with Gasteiger partial charge in [0.25, 0.3) is 10.0 Å². The smallest absolute Gasteiger partial charge is 0.264 e. The van der Waals surface area contributed by atoms with Gasteiger partial charge in [-0.3, -0.25) is 9.10 Å². The zero-order valence-electron chi connectivity index (χ0n) is 17.0. The first-order valence-electron chi connectivity index (χ1n) is 10.2. The Morgan fingerprint density at radius 2 is 1.70 bits per heavy atom. The quantitative estimate of drug-likeness (QED) is 0.586. The molecule has 3 rings (SSSR count). The van der Waals surface area contributed by atoms with E-state index in [4.69, 9.17) is 4.74 Å². The lowest BCUT2D eigenvalue weighted by atomic mass is 9.95. The van der Waals surface area contributed by atoms with Gasteiger partial charge < -0.3 is 10.1 Å². The fraction of sp³-hybridized carbons (Fsp3) is 0.409. The summed E-state index contributed by atoms with van der Waals surface area (Å²) in [6.45, 7) is 2.13. The van der Waals surface area contributed by atoms with Crippen molar-refractivity contribution >= 4 is 37.5 Å². The lowest BCUT2D eigenvalue weighted by Gasteiger charge is -2.27. The molecule has 162 valence electrons. The van der Waals surface area contributed by atoms with E-state index in [1.165, 1.54) is 18.6 Å². The number of halogens is 1. The van der Waals surface area contributed by atoms with Gasteiger partial charge in [-0.2, -0.15) is 0 Å². The van der Waals surface area contributed by atoms with E-state index in [-0.39, 0.29) is 23.4 Å². The highest BCUT2D eigenvalue weighted by molar-refractivity contribution is 9.10. The Hall–Kier alpha value is -2.06. The minimum absolute atomic E-state index is 0.115. The van der Waals surface area contributed by atoms with Crippen LogP contribution in [0.25, 0.3) is 0 Å². The van der Waals surface area contributed by atoms with Crippen molar-refractivity contribution in [2.45, 2.75) is 50.0 Å². The number of nitrogens with zero attached hydrogens (tertiary/aromatic N) is 1. The average Bonchev–Trinajstić information content (AvgIpc) is 2.74. The van der Waals surface area contributed by atoms with Gasteiger partial charge in [0.05, 0.1) is 17.2 Å². The summed E-state index contributed by atoms with van der Waals surface area (Å²) in [6, 6.07) is 13.3. The third kappa shape index (κ3) is 5.76. The predicted octanol–water partition coefficient (Wildman–Crippen LogP) is 4.49. The maximum absolute atomic E-state index is 13.4. The molecule has 1 aliphatic carbocycles. The zero-order valence-corrected chi connectivity index (χ0v) is 19.4. The summed E-state index contributed by atoms with van der Waals surface area (Å²) in [5, 5.41) is 3.01. The van der Waals surface area contributed by atoms with Gasteiger partial charge in [-0.05, 0) is 68.3 Å². The van der Waals surface area contributed by atoms with Gasteiger partial charge in [0, 0.05) is 10.5 Å². The first kappa shape index (κ1) is 22.6. The van der Waals surface area contributed by atoms with Crippen molar-refractivity contribution in [3.8, 4) is 5.75 Å². The van der Waals surface area contributed by atoms with Crippen LogP contribution in [0.3, 0.4) is 0 Å². The number of benzene rings is 2. The van der Waals surface area contributed by atoms with Crippen LogP contribution in [0.1, 0.15) is 39.0 Å². The van der Waals surface area contributed by atoms with Crippen molar-refractivity contribution in [1.29, 1.82) is 0 Å². The van der Waals surface area contributed by atoms with Crippen LogP contribution >= 0.6 is 15.9 Å². The van der Waals surface area contributed by atoms with Crippen LogP contribution in [0.5, 0.6) is 5.75 Å². The Morgan fingerprint density at radius 1 is 1.07 bits per heavy atom. The summed E-state index contributed by atoms with van der Waals surface area (Å²) in [5.41, 5.74) is 0.417. The first-order chi connectivity index (χ1) is 14.4. The van der Waals surface area contributed by atoms with E-state index in [0.29, 0.717) is 18.0 Å². The highest BCUT2D eigenvalue weighted by atomic mass is 79.9. The van der Waals surface area contributed by atoms with E-state index in [1.54, 1.807) is 36.4 Å². The molecule has 0 aromatic heterocycles. The maximum Gasteiger partial charge on any atom is 0.264 e. The van der Waals surface area contributed by atoms with Crippen molar-refractivity contribution < 1.29 is 17.9 Å². The molecule has 2 aromatic carbocycles. The topological polar surface area (TPSA) is 75.7 Å². The molecule has 0 spiro atoms. The molecule has 30 heavy (non-hydrogen) atoms. The fourth-order valence-electron chi connectivity index (χ4n) is 3.57. The molecule has 0 aliphatic heterocycles. The van der Waals surface area contributed by atoms with Crippen LogP contribution in [-0.4, -0.2) is 33.5 Å². The summed E-state index contributed by atoms with van der Waals surface area (Å²) >= 11 is 3.33. The molecule has 1 saturated carbocycles. The third-order valence-corrected chi connectivity index (χ3v) is 7.41. The molecule has 2 aromatic rings. The van der Waals surface area contributed by atoms with Gasteiger partial charge in [0.1, 0.15) is 12.3 Å². The summed E-state index contributed by atoms with van der Waals surface area (Å²) in [5.74, 6) is 0.352. The number of carbonyl (C=O) groups excluding carboxylic acids is 1. The lowest BCUT2D eigenvalue weighted by molar-refractivity contribution is -0.120. The molecule has 8 heteroatoms. The summed E-state index contributed by atoms with van der Waals surface area (Å²) in [4.78, 5) is 12.9. The third-order valence-electron chi connectivity index (χ3n) is 5.09. The molecule has 0 heterocycles. The minimum atomic E-state index is -3.92. The highest BCUT2D eigenvalue weighted by Gasteiger charge is 2.28. The van der Waals surface area contributed by atoms with Crippen molar-refractivity contribution in [2.75, 3.05) is 17.5 Å². The van der Waals surface area contributed by atoms with Gasteiger partial charge in [0.2, 0.25) is 5.91 Å². The van der Waals surface area contributed by atoms with Crippen molar-refractivity contribution in [3.63, 3.8) is 0 Å². The second kappa shape index (κ2) is 10.3. The van der Waals surface area contributed by atoms with Crippen molar-refractivity contribution in [2.24, 2.45) is 0 Å². The molecule has 0 saturated heterocycles. The summed E-state index contributed by atoms with van der Waals surface area (Å²) in [7, 11) is -3.92. The van der Waals surface area contributed by atoms with Gasteiger partial charge in [0.15, 0.2) is 0 Å². The molecule has 0 unspecified atom stereocenters. The Morgan fingerprint density at radius 3 is 2.30 bits per heavy atom. The number of hydrogen-bond donors (Lipinski definition) is 1. The normalized spacial score (nSPS) is 14.9. The van der Waals surface area contributed by atoms with E-state index >= 15 is 0 Å². The molecule has 0 atom stereocenters. The number of anilines is 1. The van der Waals surface area contributed by atoms with Gasteiger partial charge >= 0.3 is 0 Å². The average molecular weight is 495 g/mol. The maximum atomic E-state index is 13.4.